The zero-order chi connectivity index (χ0) is 24.6. The number of amides is 1. The number of fused-ring (bicyclic) bond motifs is 1. The summed E-state index contributed by atoms with van der Waals surface area (Å²) >= 11 is 0. The quantitative estimate of drug-likeness (QED) is 0.301. The highest BCUT2D eigenvalue weighted by molar-refractivity contribution is 6.46. The third-order valence-corrected chi connectivity index (χ3v) is 6.03. The number of carbonyl (C=O) groups is 2. The second-order valence-corrected chi connectivity index (χ2v) is 8.49. The number of methoxy groups -OCH3 is 2. The van der Waals surface area contributed by atoms with E-state index in [1.165, 1.54) is 19.1 Å². The van der Waals surface area contributed by atoms with Crippen molar-refractivity contribution in [1.82, 2.24) is 14.3 Å². The molecule has 1 aliphatic heterocycles. The number of hydrogen-bond acceptors (Lipinski definition) is 6. The molecule has 2 aromatic heterocycles. The highest BCUT2D eigenvalue weighted by Gasteiger charge is 2.46. The number of likely N-dealkylation sites (tertiary alicyclic amines) is 1. The lowest BCUT2D eigenvalue weighted by atomic mass is 9.95. The van der Waals surface area contributed by atoms with E-state index in [-0.39, 0.29) is 11.3 Å². The van der Waals surface area contributed by atoms with Crippen molar-refractivity contribution in [1.29, 1.82) is 0 Å². The van der Waals surface area contributed by atoms with Crippen LogP contribution in [0.1, 0.15) is 23.0 Å². The smallest absolute Gasteiger partial charge is 0.295 e. The first kappa shape index (κ1) is 23.3. The Bertz CT molecular complexity index is 1290. The summed E-state index contributed by atoms with van der Waals surface area (Å²) in [7, 11) is 6.92. The molecule has 1 N–H and O–H groups in total. The SMILES string of the molecule is COc1cccc(C2C(=C([O-])c3c(C)nc4ccccn34)C(=O)C(=O)N2CC[NH+](C)C)c1OC. The molecule has 1 amide bonds. The Morgan fingerprint density at radius 3 is 2.56 bits per heavy atom. The van der Waals surface area contributed by atoms with Crippen LogP contribution in [0.25, 0.3) is 11.4 Å². The minimum atomic E-state index is -0.912. The Balaban J connectivity index is 1.99. The van der Waals surface area contributed by atoms with E-state index in [4.69, 9.17) is 9.47 Å². The molecular weight excluding hydrogens is 436 g/mol. The third kappa shape index (κ3) is 3.77. The summed E-state index contributed by atoms with van der Waals surface area (Å²) in [6.07, 6.45) is 1.72. The summed E-state index contributed by atoms with van der Waals surface area (Å²) in [5.41, 5.74) is 1.74. The largest absolute Gasteiger partial charge is 0.871 e. The minimum Gasteiger partial charge on any atom is -0.871 e. The molecule has 1 unspecified atom stereocenters. The number of ketones is 1. The van der Waals surface area contributed by atoms with Crippen LogP contribution in [0, 0.1) is 6.92 Å². The van der Waals surface area contributed by atoms with Gasteiger partial charge in [0.15, 0.2) is 11.5 Å². The van der Waals surface area contributed by atoms with E-state index in [0.717, 1.165) is 4.90 Å². The summed E-state index contributed by atoms with van der Waals surface area (Å²) in [5.74, 6) is -1.21. The molecule has 9 nitrogen and oxygen atoms in total. The van der Waals surface area contributed by atoms with E-state index in [1.54, 1.807) is 47.9 Å². The summed E-state index contributed by atoms with van der Waals surface area (Å²) in [6.45, 7) is 2.61. The number of aryl methyl sites for hydroxylation is 1. The summed E-state index contributed by atoms with van der Waals surface area (Å²) < 4.78 is 12.7. The topological polar surface area (TPSA) is 101 Å². The number of imidazole rings is 1. The second kappa shape index (κ2) is 9.18. The van der Waals surface area contributed by atoms with Crippen molar-refractivity contribution in [2.24, 2.45) is 0 Å². The number of ether oxygens (including phenoxy) is 2. The van der Waals surface area contributed by atoms with Crippen LogP contribution in [0.4, 0.5) is 0 Å². The number of nitrogens with zero attached hydrogens (tertiary/aromatic N) is 3. The van der Waals surface area contributed by atoms with E-state index < -0.39 is 23.5 Å². The number of benzene rings is 1. The summed E-state index contributed by atoms with van der Waals surface area (Å²) in [6, 6.07) is 9.71. The Kier molecular flexibility index (Phi) is 6.30. The number of Topliss-reactive ketones (excluding diaryl/α,β-unsaturated/α-hetero) is 1. The number of quaternary nitrogens is 1. The van der Waals surface area contributed by atoms with Gasteiger partial charge in [-0.25, -0.2) is 4.98 Å². The van der Waals surface area contributed by atoms with Gasteiger partial charge >= 0.3 is 0 Å². The molecule has 4 rings (SSSR count). The Hall–Kier alpha value is -3.85. The van der Waals surface area contributed by atoms with Crippen LogP contribution in [-0.2, 0) is 9.59 Å². The maximum Gasteiger partial charge on any atom is 0.295 e. The number of para-hydroxylation sites is 1. The molecule has 0 saturated carbocycles. The first-order chi connectivity index (χ1) is 16.3. The van der Waals surface area contributed by atoms with Gasteiger partial charge in [-0.05, 0) is 25.1 Å². The van der Waals surface area contributed by atoms with Gasteiger partial charge in [0, 0.05) is 17.3 Å². The number of aromatic nitrogens is 2. The molecular formula is C25H28N4O5. The molecule has 1 fully saturated rings. The van der Waals surface area contributed by atoms with Crippen molar-refractivity contribution >= 4 is 23.1 Å². The fraction of sp³-hybridized carbons (Fsp3) is 0.320. The number of carbonyl (C=O) groups excluding carboxylic acids is 2. The maximum absolute atomic E-state index is 13.9. The molecule has 3 aromatic rings. The lowest BCUT2D eigenvalue weighted by Crippen LogP contribution is -3.06. The van der Waals surface area contributed by atoms with Crippen molar-refractivity contribution in [3.63, 3.8) is 0 Å². The van der Waals surface area contributed by atoms with Gasteiger partial charge in [-0.2, -0.15) is 0 Å². The third-order valence-electron chi connectivity index (χ3n) is 6.03. The Morgan fingerprint density at radius 2 is 1.88 bits per heavy atom. The molecule has 0 bridgehead atoms. The van der Waals surface area contributed by atoms with Crippen LogP contribution < -0.4 is 19.5 Å². The van der Waals surface area contributed by atoms with Crippen LogP contribution in [0.15, 0.2) is 48.2 Å². The van der Waals surface area contributed by atoms with Gasteiger partial charge < -0.3 is 28.8 Å². The molecule has 1 saturated heterocycles. The average molecular weight is 465 g/mol. The number of nitrogens with one attached hydrogen (secondary N) is 1. The normalized spacial score (nSPS) is 17.7. The van der Waals surface area contributed by atoms with Crippen LogP contribution in [0.5, 0.6) is 11.5 Å². The zero-order valence-electron chi connectivity index (χ0n) is 19.9. The summed E-state index contributed by atoms with van der Waals surface area (Å²) in [4.78, 5) is 33.5. The lowest BCUT2D eigenvalue weighted by molar-refractivity contribution is -0.857. The van der Waals surface area contributed by atoms with E-state index in [9.17, 15) is 14.7 Å². The minimum absolute atomic E-state index is 0.112. The molecule has 3 heterocycles. The predicted molar refractivity (Wildman–Crippen MR) is 124 cm³/mol. The monoisotopic (exact) mass is 464 g/mol. The maximum atomic E-state index is 13.9. The number of rotatable bonds is 7. The fourth-order valence-corrected chi connectivity index (χ4v) is 4.41. The zero-order valence-corrected chi connectivity index (χ0v) is 19.9. The standard InChI is InChI=1S/C25H28N4O5/c1-15-20(28-12-7-6-11-18(28)26-15)22(30)19-21(16-9-8-10-17(33-4)24(16)34-5)29(14-13-27(2)3)25(32)23(19)31/h6-12,21,30H,13-14H2,1-5H3. The molecule has 1 aliphatic rings. The number of likely N-dealkylation sites (N-methyl/N-ethyl adjacent to an activating group) is 1. The van der Waals surface area contributed by atoms with Gasteiger partial charge in [0.25, 0.3) is 5.91 Å². The first-order valence-corrected chi connectivity index (χ1v) is 11.0. The van der Waals surface area contributed by atoms with E-state index in [0.29, 0.717) is 41.5 Å². The van der Waals surface area contributed by atoms with Gasteiger partial charge in [0.1, 0.15) is 5.65 Å². The molecule has 1 atom stereocenters. The fourth-order valence-electron chi connectivity index (χ4n) is 4.41. The molecule has 9 heteroatoms. The van der Waals surface area contributed by atoms with Gasteiger partial charge in [-0.3, -0.25) is 9.59 Å². The average Bonchev–Trinajstić information content (AvgIpc) is 3.29. The molecule has 0 aliphatic carbocycles. The molecule has 0 radical (unpaired) electrons. The van der Waals surface area contributed by atoms with Gasteiger partial charge in [-0.15, -0.1) is 0 Å². The number of pyridine rings is 1. The lowest BCUT2D eigenvalue weighted by Gasteiger charge is -2.29. The van der Waals surface area contributed by atoms with Crippen molar-refractivity contribution in [3.8, 4) is 11.5 Å². The Labute approximate surface area is 197 Å². The van der Waals surface area contributed by atoms with E-state index in [2.05, 4.69) is 4.98 Å². The van der Waals surface area contributed by atoms with Gasteiger partial charge in [0.05, 0.1) is 58.8 Å². The molecule has 0 spiro atoms. The summed E-state index contributed by atoms with van der Waals surface area (Å²) in [5, 5.41) is 13.9. The van der Waals surface area contributed by atoms with Crippen LogP contribution in [0.2, 0.25) is 0 Å². The second-order valence-electron chi connectivity index (χ2n) is 8.49. The molecule has 178 valence electrons. The first-order valence-electron chi connectivity index (χ1n) is 11.0. The van der Waals surface area contributed by atoms with E-state index >= 15 is 0 Å². The highest BCUT2D eigenvalue weighted by atomic mass is 16.5. The highest BCUT2D eigenvalue weighted by Crippen LogP contribution is 2.45. The van der Waals surface area contributed by atoms with Gasteiger partial charge in [-0.1, -0.05) is 24.0 Å². The van der Waals surface area contributed by atoms with Crippen LogP contribution in [-0.4, -0.2) is 67.4 Å². The van der Waals surface area contributed by atoms with Crippen LogP contribution >= 0.6 is 0 Å². The van der Waals surface area contributed by atoms with Crippen LogP contribution in [0.3, 0.4) is 0 Å². The Morgan fingerprint density at radius 1 is 1.12 bits per heavy atom. The molecule has 34 heavy (non-hydrogen) atoms. The number of hydrogen-bond donors (Lipinski definition) is 1. The van der Waals surface area contributed by atoms with Gasteiger partial charge in [0.2, 0.25) is 5.78 Å². The molecule has 1 aromatic carbocycles. The van der Waals surface area contributed by atoms with Crippen molar-refractivity contribution < 1.29 is 29.1 Å². The van der Waals surface area contributed by atoms with Crippen molar-refractivity contribution in [2.75, 3.05) is 41.4 Å². The van der Waals surface area contributed by atoms with Crippen molar-refractivity contribution in [2.45, 2.75) is 13.0 Å². The predicted octanol–water partition coefficient (Wildman–Crippen LogP) is 0.0284. The van der Waals surface area contributed by atoms with Crippen molar-refractivity contribution in [3.05, 3.63) is 65.1 Å². The van der Waals surface area contributed by atoms with E-state index in [1.807, 2.05) is 20.2 Å².